The Morgan fingerprint density at radius 3 is 2.33 bits per heavy atom. The molecule has 0 spiro atoms. The van der Waals surface area contributed by atoms with E-state index in [4.69, 9.17) is 16.3 Å². The van der Waals surface area contributed by atoms with Crippen LogP contribution in [0.1, 0.15) is 36.1 Å². The average Bonchev–Trinajstić information content (AvgIpc) is 3.06. The van der Waals surface area contributed by atoms with Gasteiger partial charge in [-0.3, -0.25) is 4.79 Å². The summed E-state index contributed by atoms with van der Waals surface area (Å²) in [5.41, 5.74) is 3.44. The van der Waals surface area contributed by atoms with E-state index < -0.39 is 34.4 Å². The molecular formula is C21H24ClF3O2. The molecule has 1 aliphatic rings. The number of carbonyl (C=O) groups is 1. The number of ether oxygens (including phenoxy) is 1. The quantitative estimate of drug-likeness (QED) is 0.430. The summed E-state index contributed by atoms with van der Waals surface area (Å²) in [5, 5.41) is -1.19. The third kappa shape index (κ3) is 4.75. The topological polar surface area (TPSA) is 26.3 Å². The second-order valence-electron chi connectivity index (χ2n) is 7.65. The highest BCUT2D eigenvalue weighted by molar-refractivity contribution is 6.30. The maximum absolute atomic E-state index is 12.6. The Morgan fingerprint density at radius 2 is 1.85 bits per heavy atom. The van der Waals surface area contributed by atoms with Gasteiger partial charge in [0.05, 0.1) is 5.92 Å². The number of carbonyl (C=O) groups excluding carboxylic acids is 1. The van der Waals surface area contributed by atoms with E-state index in [-0.39, 0.29) is 6.61 Å². The largest absolute Gasteiger partial charge is 0.461 e. The van der Waals surface area contributed by atoms with Crippen molar-refractivity contribution in [1.82, 2.24) is 0 Å². The lowest BCUT2D eigenvalue weighted by atomic mass is 9.98. The van der Waals surface area contributed by atoms with E-state index in [0.29, 0.717) is 0 Å². The van der Waals surface area contributed by atoms with Crippen LogP contribution in [0.5, 0.6) is 0 Å². The molecule has 1 aliphatic carbocycles. The summed E-state index contributed by atoms with van der Waals surface area (Å²) < 4.78 is 43.4. The molecule has 2 rings (SSSR count). The SMILES string of the molecule is C=CCc1cc(C)c(COC(=O)[C@H]2[C@@H](/C=C(\Cl)C(F)(F)F)C2(C)C)c(C)c1. The van der Waals surface area contributed by atoms with Gasteiger partial charge in [0.2, 0.25) is 0 Å². The van der Waals surface area contributed by atoms with Gasteiger partial charge >= 0.3 is 12.1 Å². The van der Waals surface area contributed by atoms with Gasteiger partial charge in [0.25, 0.3) is 0 Å². The molecule has 0 aliphatic heterocycles. The first kappa shape index (κ1) is 21.5. The van der Waals surface area contributed by atoms with Crippen molar-refractivity contribution in [3.8, 4) is 0 Å². The van der Waals surface area contributed by atoms with Crippen molar-refractivity contribution in [3.05, 3.63) is 58.1 Å². The number of halogens is 4. The van der Waals surface area contributed by atoms with E-state index in [1.54, 1.807) is 13.8 Å². The van der Waals surface area contributed by atoms with Crippen LogP contribution < -0.4 is 0 Å². The molecule has 0 saturated heterocycles. The van der Waals surface area contributed by atoms with Gasteiger partial charge in [-0.1, -0.05) is 49.7 Å². The molecule has 0 unspecified atom stereocenters. The molecule has 1 fully saturated rings. The lowest BCUT2D eigenvalue weighted by Crippen LogP contribution is -2.12. The first-order valence-corrected chi connectivity index (χ1v) is 9.08. The number of rotatable bonds is 6. The van der Waals surface area contributed by atoms with Crippen molar-refractivity contribution >= 4 is 17.6 Å². The van der Waals surface area contributed by atoms with Gasteiger partial charge in [0, 0.05) is 0 Å². The van der Waals surface area contributed by atoms with Crippen molar-refractivity contribution in [2.45, 2.75) is 46.9 Å². The second-order valence-corrected chi connectivity index (χ2v) is 8.05. The van der Waals surface area contributed by atoms with Crippen LogP contribution in [0.3, 0.4) is 0 Å². The fourth-order valence-corrected chi connectivity index (χ4v) is 3.66. The third-order valence-electron chi connectivity index (χ3n) is 5.26. The third-order valence-corrected chi connectivity index (χ3v) is 5.60. The predicted molar refractivity (Wildman–Crippen MR) is 100 cm³/mol. The van der Waals surface area contributed by atoms with Gasteiger partial charge in [-0.25, -0.2) is 0 Å². The molecule has 2 nitrogen and oxygen atoms in total. The summed E-state index contributed by atoms with van der Waals surface area (Å²) in [6.45, 7) is 11.2. The Kier molecular flexibility index (Phi) is 6.15. The summed E-state index contributed by atoms with van der Waals surface area (Å²) in [7, 11) is 0. The number of allylic oxidation sites excluding steroid dienone is 3. The zero-order valence-electron chi connectivity index (χ0n) is 15.9. The number of hydrogen-bond donors (Lipinski definition) is 0. The summed E-state index contributed by atoms with van der Waals surface area (Å²) in [6.07, 6.45) is -1.10. The van der Waals surface area contributed by atoms with Gasteiger partial charge in [-0.15, -0.1) is 6.58 Å². The van der Waals surface area contributed by atoms with Crippen molar-refractivity contribution < 1.29 is 22.7 Å². The van der Waals surface area contributed by atoms with E-state index in [1.165, 1.54) is 0 Å². The van der Waals surface area contributed by atoms with E-state index in [0.717, 1.165) is 34.8 Å². The lowest BCUT2D eigenvalue weighted by Gasteiger charge is -2.13. The molecule has 6 heteroatoms. The average molecular weight is 401 g/mol. The Bertz CT molecular complexity index is 755. The minimum atomic E-state index is -4.60. The summed E-state index contributed by atoms with van der Waals surface area (Å²) in [5.74, 6) is -1.72. The van der Waals surface area contributed by atoms with Crippen molar-refractivity contribution in [2.75, 3.05) is 0 Å². The Balaban J connectivity index is 2.08. The van der Waals surface area contributed by atoms with E-state index in [9.17, 15) is 18.0 Å². The highest BCUT2D eigenvalue weighted by Gasteiger charge is 2.62. The first-order chi connectivity index (χ1) is 12.4. The van der Waals surface area contributed by atoms with Crippen LogP contribution in [0, 0.1) is 31.1 Å². The van der Waals surface area contributed by atoms with Crippen LogP contribution in [0.4, 0.5) is 13.2 Å². The molecule has 0 aromatic heterocycles. The molecule has 1 saturated carbocycles. The van der Waals surface area contributed by atoms with Crippen LogP contribution in [-0.4, -0.2) is 12.1 Å². The number of esters is 1. The van der Waals surface area contributed by atoms with E-state index in [2.05, 4.69) is 6.58 Å². The zero-order chi connectivity index (χ0) is 20.6. The number of benzene rings is 1. The highest BCUT2D eigenvalue weighted by Crippen LogP contribution is 2.60. The summed E-state index contributed by atoms with van der Waals surface area (Å²) >= 11 is 5.32. The fraction of sp³-hybridized carbons (Fsp3) is 0.476. The van der Waals surface area contributed by atoms with Crippen LogP contribution in [0.15, 0.2) is 35.9 Å². The molecule has 0 bridgehead atoms. The molecule has 1 aromatic carbocycles. The van der Waals surface area contributed by atoms with Gasteiger partial charge in [-0.2, -0.15) is 13.2 Å². The van der Waals surface area contributed by atoms with Gasteiger partial charge in [-0.05, 0) is 53.9 Å². The minimum Gasteiger partial charge on any atom is -0.461 e. The summed E-state index contributed by atoms with van der Waals surface area (Å²) in [4.78, 5) is 12.4. The van der Waals surface area contributed by atoms with Crippen LogP contribution in [0.25, 0.3) is 0 Å². The standard InChI is InChI=1S/C21H24ClF3O2/c1-6-7-14-8-12(2)15(13(3)9-14)11-27-19(26)18-16(20(18,4)5)10-17(22)21(23,24)25/h6,8-10,16,18H,1,7,11H2,2-5H3/b17-10-/t16-,18-/m1/s1. The number of hydrogen-bond acceptors (Lipinski definition) is 2. The smallest absolute Gasteiger partial charge is 0.426 e. The Hall–Kier alpha value is -1.75. The molecule has 1 aromatic rings. The van der Waals surface area contributed by atoms with Gasteiger partial charge < -0.3 is 4.74 Å². The molecule has 27 heavy (non-hydrogen) atoms. The molecule has 148 valence electrons. The zero-order valence-corrected chi connectivity index (χ0v) is 16.7. The van der Waals surface area contributed by atoms with E-state index >= 15 is 0 Å². The normalized spacial score (nSPS) is 21.7. The monoisotopic (exact) mass is 400 g/mol. The number of alkyl halides is 3. The molecule has 0 amide bonds. The maximum Gasteiger partial charge on any atom is 0.426 e. The second kappa shape index (κ2) is 7.70. The number of aryl methyl sites for hydroxylation is 2. The summed E-state index contributed by atoms with van der Waals surface area (Å²) in [6, 6.07) is 4.04. The fourth-order valence-electron chi connectivity index (χ4n) is 3.52. The van der Waals surface area contributed by atoms with Gasteiger partial charge in [0.15, 0.2) is 0 Å². The van der Waals surface area contributed by atoms with Crippen LogP contribution >= 0.6 is 11.6 Å². The molecule has 0 heterocycles. The van der Waals surface area contributed by atoms with Crippen molar-refractivity contribution in [3.63, 3.8) is 0 Å². The maximum atomic E-state index is 12.6. The highest BCUT2D eigenvalue weighted by atomic mass is 35.5. The first-order valence-electron chi connectivity index (χ1n) is 8.70. The molecule has 0 N–H and O–H groups in total. The minimum absolute atomic E-state index is 0.0981. The predicted octanol–water partition coefficient (Wildman–Crippen LogP) is 6.03. The molecular weight excluding hydrogens is 377 g/mol. The van der Waals surface area contributed by atoms with Crippen molar-refractivity contribution in [1.29, 1.82) is 0 Å². The van der Waals surface area contributed by atoms with Gasteiger partial charge in [0.1, 0.15) is 11.6 Å². The lowest BCUT2D eigenvalue weighted by molar-refractivity contribution is -0.147. The Morgan fingerprint density at radius 1 is 1.30 bits per heavy atom. The molecule has 0 radical (unpaired) electrons. The van der Waals surface area contributed by atoms with E-state index in [1.807, 2.05) is 32.1 Å². The van der Waals surface area contributed by atoms with Crippen LogP contribution in [-0.2, 0) is 22.6 Å². The van der Waals surface area contributed by atoms with Crippen molar-refractivity contribution in [2.24, 2.45) is 17.3 Å². The molecule has 2 atom stereocenters. The Labute approximate surface area is 163 Å². The van der Waals surface area contributed by atoms with Crippen LogP contribution in [0.2, 0.25) is 0 Å².